The Hall–Kier alpha value is -1.64. The lowest BCUT2D eigenvalue weighted by molar-refractivity contribution is -0.144. The smallest absolute Gasteiger partial charge is 0.308 e. The average molecular weight is 536 g/mol. The van der Waals surface area contributed by atoms with Gasteiger partial charge < -0.3 is 19.7 Å². The number of carboxylic acid groups (broad SMARTS) is 1. The molecule has 0 aliphatic carbocycles. The minimum atomic E-state index is -0.830. The standard InChI is InChI=1S/C26H37N3O5S2/c1-12(2)35-24-22(33-6)14-8-17-21-15(26(31)32)9-16(28(21)5)18(10-27)29(17)19(11-30)20(14)23(34-7)25(24)36-13(3)4/h12-13,15-19,21,30H,8-9,11H2,1-7H3,(H,31,32)/t15-,16+,17+,18?,19+,21-/m1/s1. The molecule has 2 fully saturated rings. The summed E-state index contributed by atoms with van der Waals surface area (Å²) < 4.78 is 12.2. The Morgan fingerprint density at radius 2 is 1.69 bits per heavy atom. The molecule has 3 aliphatic rings. The van der Waals surface area contributed by atoms with Crippen molar-refractivity contribution in [3.8, 4) is 17.6 Å². The first kappa shape index (κ1) is 27.4. The van der Waals surface area contributed by atoms with Gasteiger partial charge in [0.25, 0.3) is 0 Å². The van der Waals surface area contributed by atoms with E-state index in [0.717, 1.165) is 32.4 Å². The highest BCUT2D eigenvalue weighted by Gasteiger charge is 2.60. The van der Waals surface area contributed by atoms with Gasteiger partial charge in [0.1, 0.15) is 17.5 Å². The lowest BCUT2D eigenvalue weighted by Gasteiger charge is -2.54. The Morgan fingerprint density at radius 1 is 1.11 bits per heavy atom. The molecule has 0 radical (unpaired) electrons. The van der Waals surface area contributed by atoms with Gasteiger partial charge in [0, 0.05) is 39.8 Å². The van der Waals surface area contributed by atoms with Crippen molar-refractivity contribution in [3.63, 3.8) is 0 Å². The number of carboxylic acids is 1. The summed E-state index contributed by atoms with van der Waals surface area (Å²) in [5, 5.41) is 31.8. The molecule has 1 unspecified atom stereocenters. The minimum Gasteiger partial charge on any atom is -0.495 e. The number of hydrogen-bond acceptors (Lipinski definition) is 9. The molecular weight excluding hydrogens is 498 g/mol. The van der Waals surface area contributed by atoms with Crippen LogP contribution in [-0.4, -0.2) is 88.5 Å². The van der Waals surface area contributed by atoms with Crippen molar-refractivity contribution < 1.29 is 24.5 Å². The van der Waals surface area contributed by atoms with Crippen LogP contribution in [0.1, 0.15) is 51.3 Å². The maximum atomic E-state index is 12.3. The number of thioether (sulfide) groups is 2. The van der Waals surface area contributed by atoms with E-state index in [4.69, 9.17) is 9.47 Å². The summed E-state index contributed by atoms with van der Waals surface area (Å²) in [7, 11) is 5.27. The van der Waals surface area contributed by atoms with Gasteiger partial charge >= 0.3 is 5.97 Å². The number of nitriles is 1. The quantitative estimate of drug-likeness (QED) is 0.479. The fraction of sp³-hybridized carbons (Fsp3) is 0.692. The Morgan fingerprint density at radius 3 is 2.17 bits per heavy atom. The number of likely N-dealkylation sites (N-methyl/N-ethyl adjacent to an activating group) is 1. The minimum absolute atomic E-state index is 0.204. The van der Waals surface area contributed by atoms with Gasteiger partial charge in [-0.1, -0.05) is 27.7 Å². The number of aliphatic carboxylic acids is 1. The molecule has 2 N–H and O–H groups in total. The number of aliphatic hydroxyl groups is 1. The maximum absolute atomic E-state index is 12.3. The number of carbonyl (C=O) groups is 1. The van der Waals surface area contributed by atoms with Crippen molar-refractivity contribution >= 4 is 29.5 Å². The molecule has 2 bridgehead atoms. The van der Waals surface area contributed by atoms with Gasteiger partial charge in [0.15, 0.2) is 0 Å². The zero-order chi connectivity index (χ0) is 26.5. The van der Waals surface area contributed by atoms with Gasteiger partial charge in [-0.3, -0.25) is 14.6 Å². The molecule has 4 rings (SSSR count). The summed E-state index contributed by atoms with van der Waals surface area (Å²) in [5.41, 5.74) is 1.81. The van der Waals surface area contributed by atoms with Gasteiger partial charge in [-0.05, 0) is 19.9 Å². The van der Waals surface area contributed by atoms with Crippen molar-refractivity contribution in [2.24, 2.45) is 5.92 Å². The van der Waals surface area contributed by atoms with E-state index in [-0.39, 0.29) is 24.7 Å². The molecule has 10 heteroatoms. The number of methoxy groups -OCH3 is 2. The summed E-state index contributed by atoms with van der Waals surface area (Å²) in [4.78, 5) is 18.5. The van der Waals surface area contributed by atoms with E-state index in [2.05, 4.69) is 43.6 Å². The molecule has 3 heterocycles. The van der Waals surface area contributed by atoms with Crippen LogP contribution in [0.5, 0.6) is 11.5 Å². The number of ether oxygens (including phenoxy) is 2. The molecule has 6 atom stereocenters. The highest BCUT2D eigenvalue weighted by molar-refractivity contribution is 8.03. The van der Waals surface area contributed by atoms with Gasteiger partial charge in [-0.15, -0.1) is 23.5 Å². The number of benzene rings is 1. The van der Waals surface area contributed by atoms with Crippen LogP contribution < -0.4 is 9.47 Å². The molecule has 36 heavy (non-hydrogen) atoms. The predicted molar refractivity (Wildman–Crippen MR) is 141 cm³/mol. The van der Waals surface area contributed by atoms with E-state index in [0.29, 0.717) is 23.3 Å². The lowest BCUT2D eigenvalue weighted by Crippen LogP contribution is -2.67. The summed E-state index contributed by atoms with van der Waals surface area (Å²) >= 11 is 3.44. The highest BCUT2D eigenvalue weighted by atomic mass is 32.2. The Balaban J connectivity index is 2.01. The van der Waals surface area contributed by atoms with E-state index in [1.165, 1.54) is 0 Å². The van der Waals surface area contributed by atoms with Crippen molar-refractivity contribution in [2.75, 3.05) is 27.9 Å². The van der Waals surface area contributed by atoms with Crippen LogP contribution in [0.3, 0.4) is 0 Å². The average Bonchev–Trinajstić information content (AvgIpc) is 3.07. The molecule has 1 aromatic carbocycles. The zero-order valence-corrected chi connectivity index (χ0v) is 23.7. The molecule has 1 aromatic rings. The fourth-order valence-corrected chi connectivity index (χ4v) is 8.77. The highest BCUT2D eigenvalue weighted by Crippen LogP contribution is 2.57. The molecular formula is C26H37N3O5S2. The molecule has 0 saturated carbocycles. The van der Waals surface area contributed by atoms with E-state index >= 15 is 0 Å². The second kappa shape index (κ2) is 10.6. The van der Waals surface area contributed by atoms with Crippen LogP contribution in [0.15, 0.2) is 9.79 Å². The number of hydrogen-bond donors (Lipinski definition) is 2. The van der Waals surface area contributed by atoms with Gasteiger partial charge in [0.2, 0.25) is 0 Å². The summed E-state index contributed by atoms with van der Waals surface area (Å²) in [6.45, 7) is 8.35. The van der Waals surface area contributed by atoms with Crippen molar-refractivity contribution in [2.45, 2.75) is 91.0 Å². The number of nitrogens with zero attached hydrogens (tertiary/aromatic N) is 3. The Kier molecular flexibility index (Phi) is 8.08. The largest absolute Gasteiger partial charge is 0.495 e. The van der Waals surface area contributed by atoms with Crippen LogP contribution in [0, 0.1) is 17.2 Å². The predicted octanol–water partition coefficient (Wildman–Crippen LogP) is 3.64. The van der Waals surface area contributed by atoms with E-state index in [9.17, 15) is 20.3 Å². The molecule has 2 saturated heterocycles. The third-order valence-corrected chi connectivity index (χ3v) is 9.99. The molecule has 0 amide bonds. The monoisotopic (exact) mass is 535 g/mol. The molecule has 8 nitrogen and oxygen atoms in total. The second-order valence-electron chi connectivity index (χ2n) is 10.3. The van der Waals surface area contributed by atoms with Crippen molar-refractivity contribution in [1.29, 1.82) is 5.26 Å². The topological polar surface area (TPSA) is 106 Å². The maximum Gasteiger partial charge on any atom is 0.308 e. The first-order valence-corrected chi connectivity index (χ1v) is 14.2. The van der Waals surface area contributed by atoms with Gasteiger partial charge in [0.05, 0.1) is 48.6 Å². The first-order chi connectivity index (χ1) is 17.1. The van der Waals surface area contributed by atoms with E-state index in [1.807, 2.05) is 7.05 Å². The van der Waals surface area contributed by atoms with Crippen LogP contribution in [0.2, 0.25) is 0 Å². The van der Waals surface area contributed by atoms with Crippen molar-refractivity contribution in [3.05, 3.63) is 11.1 Å². The number of rotatable bonds is 8. The molecule has 0 aromatic heterocycles. The van der Waals surface area contributed by atoms with E-state index in [1.54, 1.807) is 37.7 Å². The van der Waals surface area contributed by atoms with E-state index < -0.39 is 24.0 Å². The number of aliphatic hydroxyl groups excluding tert-OH is 1. The van der Waals surface area contributed by atoms with Crippen LogP contribution >= 0.6 is 23.5 Å². The third-order valence-electron chi connectivity index (χ3n) is 7.67. The number of fused-ring (bicyclic) bond motifs is 5. The van der Waals surface area contributed by atoms with Gasteiger partial charge in [-0.2, -0.15) is 5.26 Å². The summed E-state index contributed by atoms with van der Waals surface area (Å²) in [6, 6.07) is 0.716. The van der Waals surface area contributed by atoms with Crippen LogP contribution in [0.25, 0.3) is 0 Å². The summed E-state index contributed by atoms with van der Waals surface area (Å²) in [5.74, 6) is 0.0974. The zero-order valence-electron chi connectivity index (χ0n) is 22.0. The molecule has 198 valence electrons. The fourth-order valence-electron chi connectivity index (χ4n) is 6.52. The summed E-state index contributed by atoms with van der Waals surface area (Å²) in [6.07, 6.45) is 0.945. The Bertz CT molecular complexity index is 1060. The lowest BCUT2D eigenvalue weighted by atomic mass is 9.80. The van der Waals surface area contributed by atoms with Gasteiger partial charge in [-0.25, -0.2) is 0 Å². The Labute approximate surface area is 222 Å². The SMILES string of the molecule is COc1c2c(c(OC)c(SC(C)C)c1SC(C)C)[C@H](CO)N1C(C#N)[C@@H]3C[C@@H](C(=O)O)[C@H]([C@@H]1C2)N3C. The van der Waals surface area contributed by atoms with Crippen molar-refractivity contribution in [1.82, 2.24) is 9.80 Å². The third kappa shape index (κ3) is 4.27. The molecule has 0 spiro atoms. The molecule has 3 aliphatic heterocycles. The van der Waals surface area contributed by atoms with Crippen LogP contribution in [-0.2, 0) is 11.2 Å². The van der Waals surface area contributed by atoms with Crippen LogP contribution in [0.4, 0.5) is 0 Å². The second-order valence-corrected chi connectivity index (χ2v) is 13.5. The first-order valence-electron chi connectivity index (χ1n) is 12.5. The number of piperazine rings is 1. The normalized spacial score (nSPS) is 29.7.